The van der Waals surface area contributed by atoms with Crippen LogP contribution in [0.25, 0.3) is 22.6 Å². The Labute approximate surface area is 175 Å². The first-order valence-corrected chi connectivity index (χ1v) is 10.3. The number of nitrogen functional groups attached to an aromatic ring is 1. The number of aryl methyl sites for hydroxylation is 1. The van der Waals surface area contributed by atoms with Gasteiger partial charge in [0.2, 0.25) is 5.95 Å². The Morgan fingerprint density at radius 3 is 2.47 bits per heavy atom. The van der Waals surface area contributed by atoms with Crippen LogP contribution in [0.3, 0.4) is 0 Å². The first-order chi connectivity index (χ1) is 14.4. The highest BCUT2D eigenvalue weighted by Crippen LogP contribution is 2.31. The van der Waals surface area contributed by atoms with Gasteiger partial charge in [0, 0.05) is 32.0 Å². The Bertz CT molecular complexity index is 1020. The van der Waals surface area contributed by atoms with E-state index in [9.17, 15) is 5.11 Å². The lowest BCUT2D eigenvalue weighted by molar-refractivity contribution is 0.0650. The lowest BCUT2D eigenvalue weighted by atomic mass is 10.1. The van der Waals surface area contributed by atoms with Gasteiger partial charge < -0.3 is 25.0 Å². The Kier molecular flexibility index (Phi) is 5.52. The minimum Gasteiger partial charge on any atom is -0.383 e. The first-order valence-electron chi connectivity index (χ1n) is 10.3. The second-order valence-corrected chi connectivity index (χ2v) is 7.97. The number of hydrogen-bond donors (Lipinski definition) is 2. The highest BCUT2D eigenvalue weighted by atomic mass is 16.5. The molecule has 0 spiro atoms. The summed E-state index contributed by atoms with van der Waals surface area (Å²) in [7, 11) is 0. The van der Waals surface area contributed by atoms with Crippen molar-refractivity contribution in [3.8, 4) is 11.4 Å². The largest absolute Gasteiger partial charge is 0.383 e. The van der Waals surface area contributed by atoms with Crippen molar-refractivity contribution >= 4 is 22.9 Å². The molecule has 30 heavy (non-hydrogen) atoms. The number of unbranched alkanes of at least 4 members (excludes halogenated alkanes) is 1. The zero-order valence-electron chi connectivity index (χ0n) is 17.7. The minimum atomic E-state index is -1.11. The quantitative estimate of drug-likeness (QED) is 0.622. The van der Waals surface area contributed by atoms with Crippen molar-refractivity contribution in [2.24, 2.45) is 0 Å². The molecule has 10 nitrogen and oxygen atoms in total. The lowest BCUT2D eigenvalue weighted by Gasteiger charge is -2.28. The van der Waals surface area contributed by atoms with E-state index in [1.807, 2.05) is 4.57 Å². The summed E-state index contributed by atoms with van der Waals surface area (Å²) < 4.78 is 7.52. The standard InChI is InChI=1S/C20H28N8O2/c1-4-5-6-28-17-14(24-18(28)20(2,3)29)16(27-7-9-30-10-8-27)25-15(26-17)13-11-22-19(21)23-12-13/h11-12,29H,4-10H2,1-3H3,(H2,21,22,23). The van der Waals surface area contributed by atoms with E-state index >= 15 is 0 Å². The molecule has 0 amide bonds. The van der Waals surface area contributed by atoms with Crippen molar-refractivity contribution in [1.29, 1.82) is 0 Å². The number of nitrogens with zero attached hydrogens (tertiary/aromatic N) is 7. The molecule has 0 saturated carbocycles. The second-order valence-electron chi connectivity index (χ2n) is 7.97. The van der Waals surface area contributed by atoms with Crippen LogP contribution >= 0.6 is 0 Å². The maximum Gasteiger partial charge on any atom is 0.219 e. The van der Waals surface area contributed by atoms with Crippen LogP contribution in [0.2, 0.25) is 0 Å². The van der Waals surface area contributed by atoms with Gasteiger partial charge in [0.05, 0.1) is 18.8 Å². The maximum atomic E-state index is 10.8. The number of rotatable bonds is 6. The van der Waals surface area contributed by atoms with Gasteiger partial charge in [0.25, 0.3) is 0 Å². The molecule has 1 aliphatic heterocycles. The molecule has 0 unspecified atom stereocenters. The van der Waals surface area contributed by atoms with E-state index in [4.69, 9.17) is 25.4 Å². The molecule has 0 aliphatic carbocycles. The number of fused-ring (bicyclic) bond motifs is 1. The third-order valence-corrected chi connectivity index (χ3v) is 5.10. The molecule has 4 heterocycles. The van der Waals surface area contributed by atoms with E-state index in [2.05, 4.69) is 21.8 Å². The number of anilines is 2. The fourth-order valence-electron chi connectivity index (χ4n) is 3.56. The Balaban J connectivity index is 1.96. The van der Waals surface area contributed by atoms with E-state index in [-0.39, 0.29) is 5.95 Å². The molecule has 4 rings (SSSR count). The number of nitrogens with two attached hydrogens (primary N) is 1. The van der Waals surface area contributed by atoms with Crippen LogP contribution < -0.4 is 10.6 Å². The van der Waals surface area contributed by atoms with Crippen molar-refractivity contribution < 1.29 is 9.84 Å². The van der Waals surface area contributed by atoms with Gasteiger partial charge in [-0.25, -0.2) is 24.9 Å². The van der Waals surface area contributed by atoms with Gasteiger partial charge in [-0.15, -0.1) is 0 Å². The normalized spacial score (nSPS) is 15.1. The van der Waals surface area contributed by atoms with Crippen LogP contribution in [-0.2, 0) is 16.9 Å². The third-order valence-electron chi connectivity index (χ3n) is 5.10. The zero-order chi connectivity index (χ0) is 21.3. The zero-order valence-corrected chi connectivity index (χ0v) is 17.7. The number of hydrogen-bond acceptors (Lipinski definition) is 9. The molecule has 160 valence electrons. The molecule has 0 aromatic carbocycles. The summed E-state index contributed by atoms with van der Waals surface area (Å²) in [6, 6.07) is 0. The SMILES string of the molecule is CCCCn1c(C(C)(C)O)nc2c(N3CCOCC3)nc(-c3cnc(N)nc3)nc21. The van der Waals surface area contributed by atoms with Crippen LogP contribution in [0.1, 0.15) is 39.4 Å². The van der Waals surface area contributed by atoms with Crippen LogP contribution in [0.5, 0.6) is 0 Å². The summed E-state index contributed by atoms with van der Waals surface area (Å²) in [5.74, 6) is 2.02. The highest BCUT2D eigenvalue weighted by molar-refractivity contribution is 5.86. The molecule has 0 atom stereocenters. The summed E-state index contributed by atoms with van der Waals surface area (Å²) in [5.41, 5.74) is 6.59. The van der Waals surface area contributed by atoms with E-state index in [0.29, 0.717) is 61.2 Å². The number of imidazole rings is 1. The summed E-state index contributed by atoms with van der Waals surface area (Å²) >= 11 is 0. The molecule has 1 aliphatic rings. The highest BCUT2D eigenvalue weighted by Gasteiger charge is 2.29. The molecule has 0 radical (unpaired) electrons. The van der Waals surface area contributed by atoms with E-state index < -0.39 is 5.60 Å². The van der Waals surface area contributed by atoms with Crippen LogP contribution in [0.15, 0.2) is 12.4 Å². The maximum absolute atomic E-state index is 10.8. The predicted octanol–water partition coefficient (Wildman–Crippen LogP) is 1.73. The fraction of sp³-hybridized carbons (Fsp3) is 0.550. The average Bonchev–Trinajstić information content (AvgIpc) is 3.12. The van der Waals surface area contributed by atoms with Gasteiger partial charge in [0.1, 0.15) is 11.4 Å². The summed E-state index contributed by atoms with van der Waals surface area (Å²) in [6.07, 6.45) is 5.21. The monoisotopic (exact) mass is 412 g/mol. The number of aliphatic hydroxyl groups is 1. The van der Waals surface area contributed by atoms with Crippen molar-refractivity contribution in [2.75, 3.05) is 36.9 Å². The third kappa shape index (κ3) is 3.92. The Morgan fingerprint density at radius 1 is 1.13 bits per heavy atom. The lowest BCUT2D eigenvalue weighted by Crippen LogP contribution is -2.37. The molecule has 3 aromatic heterocycles. The molecule has 10 heteroatoms. The van der Waals surface area contributed by atoms with E-state index in [1.54, 1.807) is 26.2 Å². The minimum absolute atomic E-state index is 0.200. The molecular weight excluding hydrogens is 384 g/mol. The predicted molar refractivity (Wildman–Crippen MR) is 114 cm³/mol. The van der Waals surface area contributed by atoms with Gasteiger partial charge >= 0.3 is 0 Å². The van der Waals surface area contributed by atoms with E-state index in [0.717, 1.165) is 18.7 Å². The van der Waals surface area contributed by atoms with Crippen LogP contribution in [0, 0.1) is 0 Å². The van der Waals surface area contributed by atoms with Crippen LogP contribution in [0.4, 0.5) is 11.8 Å². The molecule has 3 aromatic rings. The summed E-state index contributed by atoms with van der Waals surface area (Å²) in [5, 5.41) is 10.8. The molecule has 3 N–H and O–H groups in total. The second kappa shape index (κ2) is 8.11. The van der Waals surface area contributed by atoms with Gasteiger partial charge in [-0.1, -0.05) is 13.3 Å². The van der Waals surface area contributed by atoms with Crippen molar-refractivity contribution in [3.63, 3.8) is 0 Å². The first kappa shape index (κ1) is 20.4. The smallest absolute Gasteiger partial charge is 0.219 e. The molecule has 0 bridgehead atoms. The average molecular weight is 412 g/mol. The van der Waals surface area contributed by atoms with E-state index in [1.165, 1.54) is 0 Å². The Hall–Kier alpha value is -2.85. The van der Waals surface area contributed by atoms with Gasteiger partial charge in [-0.3, -0.25) is 0 Å². The fourth-order valence-corrected chi connectivity index (χ4v) is 3.56. The summed E-state index contributed by atoms with van der Waals surface area (Å²) in [4.78, 5) is 24.8. The summed E-state index contributed by atoms with van der Waals surface area (Å²) in [6.45, 7) is 9.01. The van der Waals surface area contributed by atoms with Gasteiger partial charge in [-0.2, -0.15) is 0 Å². The molecule has 1 saturated heterocycles. The molecular formula is C20H28N8O2. The van der Waals surface area contributed by atoms with Crippen molar-refractivity contribution in [1.82, 2.24) is 29.5 Å². The van der Waals surface area contributed by atoms with Gasteiger partial charge in [0.15, 0.2) is 22.8 Å². The van der Waals surface area contributed by atoms with Crippen molar-refractivity contribution in [2.45, 2.75) is 45.8 Å². The molecule has 1 fully saturated rings. The number of aromatic nitrogens is 6. The van der Waals surface area contributed by atoms with Gasteiger partial charge in [-0.05, 0) is 20.3 Å². The van der Waals surface area contributed by atoms with Crippen LogP contribution in [-0.4, -0.2) is 60.9 Å². The number of morpholine rings is 1. The topological polar surface area (TPSA) is 128 Å². The number of ether oxygens (including phenoxy) is 1. The van der Waals surface area contributed by atoms with Crippen molar-refractivity contribution in [3.05, 3.63) is 18.2 Å². The Morgan fingerprint density at radius 2 is 1.83 bits per heavy atom.